The van der Waals surface area contributed by atoms with Crippen LogP contribution in [0.3, 0.4) is 0 Å². The van der Waals surface area contributed by atoms with Crippen LogP contribution in [0.25, 0.3) is 11.5 Å². The molecule has 0 aliphatic carbocycles. The van der Waals surface area contributed by atoms with E-state index in [2.05, 4.69) is 30.5 Å². The average Bonchev–Trinajstić information content (AvgIpc) is 2.84. The van der Waals surface area contributed by atoms with Crippen LogP contribution in [0, 0.1) is 0 Å². The number of nitrogens with zero attached hydrogens (tertiary/aromatic N) is 4. The van der Waals surface area contributed by atoms with E-state index in [9.17, 15) is 0 Å². The summed E-state index contributed by atoms with van der Waals surface area (Å²) in [6, 6.07) is 5.59. The maximum Gasteiger partial charge on any atom is 0.199 e. The van der Waals surface area contributed by atoms with E-state index in [-0.39, 0.29) is 5.54 Å². The number of nitrogens with two attached hydrogens (primary N) is 1. The Balaban J connectivity index is 2.02. The molecule has 0 atom stereocenters. The van der Waals surface area contributed by atoms with Gasteiger partial charge in [0.2, 0.25) is 0 Å². The Morgan fingerprint density at radius 1 is 1.40 bits per heavy atom. The monoisotopic (exact) mass is 273 g/mol. The summed E-state index contributed by atoms with van der Waals surface area (Å²) < 4.78 is 0. The van der Waals surface area contributed by atoms with Crippen LogP contribution in [0.1, 0.15) is 26.6 Å². The summed E-state index contributed by atoms with van der Waals surface area (Å²) in [4.78, 5) is 12.7. The van der Waals surface area contributed by atoms with Gasteiger partial charge in [0, 0.05) is 11.7 Å². The lowest BCUT2D eigenvalue weighted by Gasteiger charge is -2.20. The number of pyridine rings is 1. The Hall–Kier alpha value is -2.44. The van der Waals surface area contributed by atoms with Crippen molar-refractivity contribution in [2.45, 2.75) is 32.9 Å². The van der Waals surface area contributed by atoms with Gasteiger partial charge in [0.05, 0.1) is 0 Å². The molecule has 0 aromatic carbocycles. The first-order chi connectivity index (χ1) is 9.44. The highest BCUT2D eigenvalue weighted by molar-refractivity contribution is 5.78. The standard InChI is InChI=1S/C13H19N7/c1-13(2,3)18-12(14)16-8-10-17-11(20-19-10)9-6-4-5-7-15-9/h4-7H,8H2,1-3H3,(H3,14,16,18)(H,17,19,20). The minimum absolute atomic E-state index is 0.117. The van der Waals surface area contributed by atoms with E-state index in [1.165, 1.54) is 0 Å². The molecule has 0 unspecified atom stereocenters. The van der Waals surface area contributed by atoms with E-state index >= 15 is 0 Å². The highest BCUT2D eigenvalue weighted by atomic mass is 15.2. The first-order valence-electron chi connectivity index (χ1n) is 6.35. The fourth-order valence-corrected chi connectivity index (χ4v) is 1.56. The van der Waals surface area contributed by atoms with E-state index in [1.54, 1.807) is 6.20 Å². The normalized spacial score (nSPS) is 12.4. The number of aliphatic imine (C=N–C) groups is 1. The molecule has 2 aromatic heterocycles. The molecule has 0 aliphatic rings. The minimum atomic E-state index is -0.117. The third kappa shape index (κ3) is 4.04. The first-order valence-corrected chi connectivity index (χ1v) is 6.35. The maximum absolute atomic E-state index is 5.79. The quantitative estimate of drug-likeness (QED) is 0.573. The van der Waals surface area contributed by atoms with Gasteiger partial charge >= 0.3 is 0 Å². The topological polar surface area (TPSA) is 105 Å². The Morgan fingerprint density at radius 3 is 2.85 bits per heavy atom. The number of H-pyrrole nitrogens is 1. The Morgan fingerprint density at radius 2 is 2.20 bits per heavy atom. The van der Waals surface area contributed by atoms with Gasteiger partial charge < -0.3 is 11.1 Å². The molecule has 0 amide bonds. The lowest BCUT2D eigenvalue weighted by atomic mass is 10.1. The highest BCUT2D eigenvalue weighted by Gasteiger charge is 2.10. The van der Waals surface area contributed by atoms with Crippen LogP contribution in [0.5, 0.6) is 0 Å². The molecule has 0 radical (unpaired) electrons. The van der Waals surface area contributed by atoms with Crippen molar-refractivity contribution < 1.29 is 0 Å². The van der Waals surface area contributed by atoms with Gasteiger partial charge in [-0.15, -0.1) is 0 Å². The van der Waals surface area contributed by atoms with Gasteiger partial charge in [0.15, 0.2) is 11.8 Å². The van der Waals surface area contributed by atoms with Crippen LogP contribution in [0.15, 0.2) is 29.4 Å². The molecule has 0 saturated carbocycles. The summed E-state index contributed by atoms with van der Waals surface area (Å²) in [6.45, 7) is 6.39. The van der Waals surface area contributed by atoms with Gasteiger partial charge in [0.1, 0.15) is 18.1 Å². The summed E-state index contributed by atoms with van der Waals surface area (Å²) in [6.07, 6.45) is 1.70. The second kappa shape index (κ2) is 5.68. The number of rotatable bonds is 3. The molecular weight excluding hydrogens is 254 g/mol. The van der Waals surface area contributed by atoms with Gasteiger partial charge in [0.25, 0.3) is 0 Å². The van der Waals surface area contributed by atoms with Gasteiger partial charge in [-0.2, -0.15) is 5.10 Å². The second-order valence-corrected chi connectivity index (χ2v) is 5.40. The van der Waals surface area contributed by atoms with Crippen LogP contribution in [-0.2, 0) is 6.54 Å². The molecule has 0 spiro atoms. The summed E-state index contributed by atoms with van der Waals surface area (Å²) in [7, 11) is 0. The Labute approximate surface area is 117 Å². The molecule has 4 N–H and O–H groups in total. The zero-order chi connectivity index (χ0) is 14.6. The smallest absolute Gasteiger partial charge is 0.199 e. The zero-order valence-electron chi connectivity index (χ0n) is 11.9. The number of hydrogen-bond donors (Lipinski definition) is 3. The number of hydrogen-bond acceptors (Lipinski definition) is 4. The third-order valence-corrected chi connectivity index (χ3v) is 2.33. The summed E-state index contributed by atoms with van der Waals surface area (Å²) >= 11 is 0. The van der Waals surface area contributed by atoms with E-state index in [0.717, 1.165) is 5.69 Å². The molecule has 0 aliphatic heterocycles. The van der Waals surface area contributed by atoms with Crippen LogP contribution >= 0.6 is 0 Å². The third-order valence-electron chi connectivity index (χ3n) is 2.33. The highest BCUT2D eigenvalue weighted by Crippen LogP contribution is 2.10. The van der Waals surface area contributed by atoms with Crippen LogP contribution in [-0.4, -0.2) is 31.7 Å². The molecule has 2 aromatic rings. The lowest BCUT2D eigenvalue weighted by molar-refractivity contribution is 0.508. The van der Waals surface area contributed by atoms with E-state index in [1.807, 2.05) is 39.0 Å². The van der Waals surface area contributed by atoms with Crippen molar-refractivity contribution in [3.63, 3.8) is 0 Å². The van der Waals surface area contributed by atoms with Crippen molar-refractivity contribution in [2.24, 2.45) is 10.7 Å². The minimum Gasteiger partial charge on any atom is -0.370 e. The zero-order valence-corrected chi connectivity index (χ0v) is 11.9. The second-order valence-electron chi connectivity index (χ2n) is 5.40. The SMILES string of the molecule is CC(C)(C)NC(N)=NCc1nc(-c2ccccn2)n[nH]1. The van der Waals surface area contributed by atoms with Crippen molar-refractivity contribution in [1.29, 1.82) is 0 Å². The molecule has 2 heterocycles. The van der Waals surface area contributed by atoms with Gasteiger partial charge in [-0.05, 0) is 32.9 Å². The fraction of sp³-hybridized carbons (Fsp3) is 0.385. The van der Waals surface area contributed by atoms with E-state index in [0.29, 0.717) is 24.2 Å². The van der Waals surface area contributed by atoms with Crippen molar-refractivity contribution in [3.05, 3.63) is 30.2 Å². The molecule has 7 heteroatoms. The van der Waals surface area contributed by atoms with Gasteiger partial charge in [-0.1, -0.05) is 6.07 Å². The van der Waals surface area contributed by atoms with Gasteiger partial charge in [-0.25, -0.2) is 9.98 Å². The molecule has 106 valence electrons. The van der Waals surface area contributed by atoms with Gasteiger partial charge in [-0.3, -0.25) is 10.1 Å². The lowest BCUT2D eigenvalue weighted by Crippen LogP contribution is -2.45. The Bertz CT molecular complexity index is 580. The van der Waals surface area contributed by atoms with Crippen molar-refractivity contribution in [3.8, 4) is 11.5 Å². The first kappa shape index (κ1) is 14.0. The molecule has 0 bridgehead atoms. The van der Waals surface area contributed by atoms with Crippen LogP contribution < -0.4 is 11.1 Å². The number of aromatic nitrogens is 4. The molecule has 0 fully saturated rings. The maximum atomic E-state index is 5.79. The molecule has 7 nitrogen and oxygen atoms in total. The van der Waals surface area contributed by atoms with E-state index < -0.39 is 0 Å². The molecule has 20 heavy (non-hydrogen) atoms. The van der Waals surface area contributed by atoms with Crippen molar-refractivity contribution in [1.82, 2.24) is 25.5 Å². The van der Waals surface area contributed by atoms with Crippen molar-refractivity contribution >= 4 is 5.96 Å². The average molecular weight is 273 g/mol. The number of aromatic amines is 1. The fourth-order valence-electron chi connectivity index (χ4n) is 1.56. The molecule has 2 rings (SSSR count). The Kier molecular flexibility index (Phi) is 3.97. The summed E-state index contributed by atoms with van der Waals surface area (Å²) in [5, 5.41) is 10.0. The predicted octanol–water partition coefficient (Wildman–Crippen LogP) is 1.07. The van der Waals surface area contributed by atoms with Crippen LogP contribution in [0.4, 0.5) is 0 Å². The van der Waals surface area contributed by atoms with Crippen LogP contribution in [0.2, 0.25) is 0 Å². The summed E-state index contributed by atoms with van der Waals surface area (Å²) in [5.74, 6) is 1.58. The number of guanidine groups is 1. The number of nitrogens with one attached hydrogen (secondary N) is 2. The molecule has 0 saturated heterocycles. The predicted molar refractivity (Wildman–Crippen MR) is 77.8 cm³/mol. The van der Waals surface area contributed by atoms with E-state index in [4.69, 9.17) is 5.73 Å². The largest absolute Gasteiger partial charge is 0.370 e. The summed E-state index contributed by atoms with van der Waals surface area (Å²) in [5.41, 5.74) is 6.40. The van der Waals surface area contributed by atoms with Crippen molar-refractivity contribution in [2.75, 3.05) is 0 Å². The molecular formula is C13H19N7.